The first-order valence-electron chi connectivity index (χ1n) is 9.98. The largest absolute Gasteiger partial charge is 0.351 e. The molecule has 3 heterocycles. The molecule has 0 bridgehead atoms. The predicted molar refractivity (Wildman–Crippen MR) is 108 cm³/mol. The van der Waals surface area contributed by atoms with Crippen LogP contribution in [-0.2, 0) is 24.3 Å². The number of benzene rings is 1. The Hall–Kier alpha value is -2.90. The molecule has 2 aromatic rings. The van der Waals surface area contributed by atoms with Crippen LogP contribution >= 0.6 is 0 Å². The molecule has 2 aliphatic heterocycles. The van der Waals surface area contributed by atoms with Crippen LogP contribution in [-0.4, -0.2) is 46.3 Å². The minimum atomic E-state index is 0.0226. The Morgan fingerprint density at radius 2 is 2.07 bits per heavy atom. The van der Waals surface area contributed by atoms with Crippen molar-refractivity contribution in [2.45, 2.75) is 51.2 Å². The summed E-state index contributed by atoms with van der Waals surface area (Å²) in [5.41, 5.74) is 0.936. The average molecular weight is 381 g/mol. The molecule has 1 fully saturated rings. The Kier molecular flexibility index (Phi) is 5.55. The van der Waals surface area contributed by atoms with Gasteiger partial charge in [0.25, 0.3) is 0 Å². The molecule has 8 heteroatoms. The fraction of sp³-hybridized carbons (Fsp3) is 0.500. The van der Waals surface area contributed by atoms with Gasteiger partial charge >= 0.3 is 0 Å². The van der Waals surface area contributed by atoms with Gasteiger partial charge in [0.2, 0.25) is 5.91 Å². The van der Waals surface area contributed by atoms with Crippen molar-refractivity contribution in [2.24, 2.45) is 4.99 Å². The molecule has 28 heavy (non-hydrogen) atoms. The van der Waals surface area contributed by atoms with Crippen LogP contribution in [0, 0.1) is 0 Å². The number of aryl methyl sites for hydroxylation is 1. The number of guanidine groups is 1. The fourth-order valence-corrected chi connectivity index (χ4v) is 3.89. The van der Waals surface area contributed by atoms with Gasteiger partial charge in [-0.2, -0.15) is 0 Å². The summed E-state index contributed by atoms with van der Waals surface area (Å²) in [5.74, 6) is 2.83. The van der Waals surface area contributed by atoms with Gasteiger partial charge in [0, 0.05) is 38.7 Å². The van der Waals surface area contributed by atoms with E-state index in [2.05, 4.69) is 30.4 Å². The second-order valence-corrected chi connectivity index (χ2v) is 7.31. The number of amides is 1. The number of anilines is 1. The minimum Gasteiger partial charge on any atom is -0.351 e. The van der Waals surface area contributed by atoms with Crippen molar-refractivity contribution in [3.05, 3.63) is 42.0 Å². The number of carbonyl (C=O) groups excluding carboxylic acids is 1. The fourth-order valence-electron chi connectivity index (χ4n) is 3.89. The van der Waals surface area contributed by atoms with Crippen molar-refractivity contribution in [3.63, 3.8) is 0 Å². The maximum Gasteiger partial charge on any atom is 0.229 e. The third kappa shape index (κ3) is 4.00. The van der Waals surface area contributed by atoms with Gasteiger partial charge in [0.1, 0.15) is 5.82 Å². The topological polar surface area (TPSA) is 87.4 Å². The summed E-state index contributed by atoms with van der Waals surface area (Å²) in [6.07, 6.45) is 5.05. The Balaban J connectivity index is 1.35. The van der Waals surface area contributed by atoms with Crippen LogP contribution in [0.15, 0.2) is 35.3 Å². The van der Waals surface area contributed by atoms with Gasteiger partial charge in [-0.05, 0) is 25.0 Å². The number of nitrogens with one attached hydrogen (secondary N) is 2. The highest BCUT2D eigenvalue weighted by molar-refractivity contribution is 5.97. The Bertz CT molecular complexity index is 845. The van der Waals surface area contributed by atoms with E-state index in [0.29, 0.717) is 25.5 Å². The van der Waals surface area contributed by atoms with Crippen LogP contribution < -0.4 is 15.5 Å². The highest BCUT2D eigenvalue weighted by Gasteiger charge is 2.31. The molecular weight excluding hydrogens is 354 g/mol. The van der Waals surface area contributed by atoms with E-state index < -0.39 is 0 Å². The van der Waals surface area contributed by atoms with E-state index in [1.54, 1.807) is 7.05 Å². The monoisotopic (exact) mass is 381 g/mol. The highest BCUT2D eigenvalue weighted by Crippen LogP contribution is 2.21. The van der Waals surface area contributed by atoms with Gasteiger partial charge < -0.3 is 20.1 Å². The van der Waals surface area contributed by atoms with Gasteiger partial charge in [-0.3, -0.25) is 9.79 Å². The number of aromatic nitrogens is 3. The SMILES string of the molecule is CN=C(NCc1nnc2n1CCCCC2)NC1CC(=O)N(c2ccccc2)C1. The number of carbonyl (C=O) groups is 1. The summed E-state index contributed by atoms with van der Waals surface area (Å²) in [6.45, 7) is 2.17. The van der Waals surface area contributed by atoms with E-state index in [1.807, 2.05) is 35.2 Å². The van der Waals surface area contributed by atoms with E-state index in [9.17, 15) is 4.79 Å². The van der Waals surface area contributed by atoms with E-state index in [1.165, 1.54) is 19.3 Å². The Morgan fingerprint density at radius 1 is 1.21 bits per heavy atom. The normalized spacial score (nSPS) is 20.0. The molecule has 2 aliphatic rings. The molecular formula is C20H27N7O. The summed E-state index contributed by atoms with van der Waals surface area (Å²) in [4.78, 5) is 18.5. The quantitative estimate of drug-likeness (QED) is 0.619. The molecule has 1 aromatic heterocycles. The summed E-state index contributed by atoms with van der Waals surface area (Å²) in [7, 11) is 1.74. The molecule has 1 saturated heterocycles. The van der Waals surface area contributed by atoms with Gasteiger partial charge in [0.05, 0.1) is 12.6 Å². The van der Waals surface area contributed by atoms with Gasteiger partial charge in [-0.1, -0.05) is 24.6 Å². The smallest absolute Gasteiger partial charge is 0.229 e. The van der Waals surface area contributed by atoms with Crippen LogP contribution in [0.5, 0.6) is 0 Å². The molecule has 4 rings (SSSR count). The first kappa shape index (κ1) is 18.5. The van der Waals surface area contributed by atoms with Crippen molar-refractivity contribution in [1.82, 2.24) is 25.4 Å². The second-order valence-electron chi connectivity index (χ2n) is 7.31. The molecule has 0 radical (unpaired) electrons. The first-order chi connectivity index (χ1) is 13.7. The molecule has 1 aromatic carbocycles. The molecule has 2 N–H and O–H groups in total. The molecule has 1 amide bonds. The zero-order chi connectivity index (χ0) is 19.3. The van der Waals surface area contributed by atoms with Crippen molar-refractivity contribution >= 4 is 17.6 Å². The van der Waals surface area contributed by atoms with Gasteiger partial charge in [-0.25, -0.2) is 0 Å². The van der Waals surface area contributed by atoms with E-state index >= 15 is 0 Å². The Labute approximate surface area is 165 Å². The molecule has 8 nitrogen and oxygen atoms in total. The van der Waals surface area contributed by atoms with E-state index in [-0.39, 0.29) is 11.9 Å². The maximum absolute atomic E-state index is 12.4. The third-order valence-electron chi connectivity index (χ3n) is 5.36. The van der Waals surface area contributed by atoms with Crippen LogP contribution in [0.4, 0.5) is 5.69 Å². The van der Waals surface area contributed by atoms with E-state index in [0.717, 1.165) is 30.3 Å². The maximum atomic E-state index is 12.4. The van der Waals surface area contributed by atoms with Crippen LogP contribution in [0.2, 0.25) is 0 Å². The number of nitrogens with zero attached hydrogens (tertiary/aromatic N) is 5. The predicted octanol–water partition coefficient (Wildman–Crippen LogP) is 1.47. The van der Waals surface area contributed by atoms with Crippen molar-refractivity contribution in [2.75, 3.05) is 18.5 Å². The first-order valence-corrected chi connectivity index (χ1v) is 9.98. The number of para-hydroxylation sites is 1. The molecule has 1 atom stereocenters. The summed E-state index contributed by atoms with van der Waals surface area (Å²) >= 11 is 0. The minimum absolute atomic E-state index is 0.0226. The highest BCUT2D eigenvalue weighted by atomic mass is 16.2. The lowest BCUT2D eigenvalue weighted by molar-refractivity contribution is -0.117. The molecule has 0 aliphatic carbocycles. The van der Waals surface area contributed by atoms with Crippen LogP contribution in [0.1, 0.15) is 37.3 Å². The van der Waals surface area contributed by atoms with Gasteiger partial charge in [0.15, 0.2) is 11.8 Å². The number of fused-ring (bicyclic) bond motifs is 1. The van der Waals surface area contributed by atoms with Crippen molar-refractivity contribution in [1.29, 1.82) is 0 Å². The van der Waals surface area contributed by atoms with Gasteiger partial charge in [-0.15, -0.1) is 10.2 Å². The number of hydrogen-bond donors (Lipinski definition) is 2. The summed E-state index contributed by atoms with van der Waals surface area (Å²) in [5, 5.41) is 15.4. The lowest BCUT2D eigenvalue weighted by Gasteiger charge is -2.19. The van der Waals surface area contributed by atoms with Crippen LogP contribution in [0.3, 0.4) is 0 Å². The zero-order valence-electron chi connectivity index (χ0n) is 16.3. The van der Waals surface area contributed by atoms with Crippen LogP contribution in [0.25, 0.3) is 0 Å². The molecule has 148 valence electrons. The number of aliphatic imine (C=N–C) groups is 1. The third-order valence-corrected chi connectivity index (χ3v) is 5.36. The average Bonchev–Trinajstić information content (AvgIpc) is 3.19. The number of rotatable bonds is 4. The lowest BCUT2D eigenvalue weighted by Crippen LogP contribution is -2.44. The second kappa shape index (κ2) is 8.41. The molecule has 0 spiro atoms. The van der Waals surface area contributed by atoms with Crippen molar-refractivity contribution in [3.8, 4) is 0 Å². The molecule has 0 saturated carbocycles. The standard InChI is InChI=1S/C20H27N7O/c1-21-20(22-13-18-25-24-17-10-6-3-7-11-26(17)18)23-15-12-19(28)27(14-15)16-8-4-2-5-9-16/h2,4-5,8-9,15H,3,6-7,10-14H2,1H3,(H2,21,22,23). The van der Waals surface area contributed by atoms with Crippen molar-refractivity contribution < 1.29 is 4.79 Å². The zero-order valence-corrected chi connectivity index (χ0v) is 16.3. The molecule has 1 unspecified atom stereocenters. The Morgan fingerprint density at radius 3 is 2.89 bits per heavy atom. The van der Waals surface area contributed by atoms with E-state index in [4.69, 9.17) is 0 Å². The summed E-state index contributed by atoms with van der Waals surface area (Å²) in [6, 6.07) is 9.80. The lowest BCUT2D eigenvalue weighted by atomic mass is 10.2. The summed E-state index contributed by atoms with van der Waals surface area (Å²) < 4.78 is 2.23. The number of hydrogen-bond acceptors (Lipinski definition) is 4.